The maximum atomic E-state index is 10.4. The second-order valence-corrected chi connectivity index (χ2v) is 9.18. The van der Waals surface area contributed by atoms with Crippen LogP contribution in [-0.4, -0.2) is 13.2 Å². The third-order valence-electron chi connectivity index (χ3n) is 6.19. The highest BCUT2D eigenvalue weighted by Crippen LogP contribution is 2.19. The van der Waals surface area contributed by atoms with Crippen molar-refractivity contribution in [2.75, 3.05) is 18.5 Å². The van der Waals surface area contributed by atoms with Crippen LogP contribution in [0, 0.1) is 4.91 Å². The van der Waals surface area contributed by atoms with Gasteiger partial charge in [-0.2, -0.15) is 0 Å². The molecule has 3 aromatic rings. The number of benzene rings is 3. The van der Waals surface area contributed by atoms with E-state index in [9.17, 15) is 4.91 Å². The van der Waals surface area contributed by atoms with Gasteiger partial charge in [0.15, 0.2) is 0 Å². The van der Waals surface area contributed by atoms with E-state index in [0.717, 1.165) is 49.8 Å². The second kappa shape index (κ2) is 17.1. The molecule has 5 heteroatoms. The molecule has 0 aliphatic heterocycles. The molecule has 0 aliphatic carbocycles. The SMILES string of the molecule is O=Nc1ccc(OCCCCCCCCCCCCOc2cccc(CNc3ccccc3)c2)cc1. The quantitative estimate of drug-likeness (QED) is 0.135. The molecule has 0 fully saturated rings. The molecule has 0 saturated heterocycles. The van der Waals surface area contributed by atoms with Gasteiger partial charge in [0.05, 0.1) is 13.2 Å². The van der Waals surface area contributed by atoms with E-state index in [1.54, 1.807) is 24.3 Å². The van der Waals surface area contributed by atoms with Crippen molar-refractivity contribution in [3.8, 4) is 11.5 Å². The fourth-order valence-corrected chi connectivity index (χ4v) is 4.11. The summed E-state index contributed by atoms with van der Waals surface area (Å²) < 4.78 is 11.7. The van der Waals surface area contributed by atoms with E-state index in [4.69, 9.17) is 9.47 Å². The van der Waals surface area contributed by atoms with Crippen LogP contribution in [0.25, 0.3) is 0 Å². The Kier molecular flexibility index (Phi) is 13.0. The summed E-state index contributed by atoms with van der Waals surface area (Å²) in [6, 6.07) is 25.6. The first kappa shape index (κ1) is 27.3. The fraction of sp³-hybridized carbons (Fsp3) is 0.419. The summed E-state index contributed by atoms with van der Waals surface area (Å²) in [5.41, 5.74) is 2.80. The Morgan fingerprint density at radius 3 is 1.78 bits per heavy atom. The second-order valence-electron chi connectivity index (χ2n) is 9.18. The largest absolute Gasteiger partial charge is 0.494 e. The molecule has 0 saturated carbocycles. The third-order valence-corrected chi connectivity index (χ3v) is 6.19. The van der Waals surface area contributed by atoms with Gasteiger partial charge in [-0.05, 0) is 72.1 Å². The van der Waals surface area contributed by atoms with Crippen LogP contribution in [0.2, 0.25) is 0 Å². The zero-order chi connectivity index (χ0) is 25.1. The Hall–Kier alpha value is -3.34. The van der Waals surface area contributed by atoms with E-state index in [0.29, 0.717) is 5.69 Å². The predicted molar refractivity (Wildman–Crippen MR) is 149 cm³/mol. The molecule has 0 radical (unpaired) electrons. The first-order valence-corrected chi connectivity index (χ1v) is 13.4. The Bertz CT molecular complexity index is 977. The van der Waals surface area contributed by atoms with Gasteiger partial charge < -0.3 is 14.8 Å². The Labute approximate surface area is 216 Å². The summed E-state index contributed by atoms with van der Waals surface area (Å²) in [5.74, 6) is 1.76. The standard InChI is InChI=1S/C31H40N2O3/c34-33-29-19-21-30(22-20-29)35-23-12-7-5-3-1-2-4-6-8-13-24-36-31-18-14-15-27(25-31)26-32-28-16-10-9-11-17-28/h9-11,14-22,25,32H,1-8,12-13,23-24,26H2. The number of anilines is 1. The number of nitrogens with zero attached hydrogens (tertiary/aromatic N) is 1. The minimum atomic E-state index is 0.435. The lowest BCUT2D eigenvalue weighted by molar-refractivity contribution is 0.302. The molecule has 1 N–H and O–H groups in total. The molecule has 0 aliphatic rings. The third kappa shape index (κ3) is 11.4. The van der Waals surface area contributed by atoms with Crippen molar-refractivity contribution in [3.05, 3.63) is 89.3 Å². The molecule has 0 bridgehead atoms. The topological polar surface area (TPSA) is 59.9 Å². The molecule has 5 nitrogen and oxygen atoms in total. The van der Waals surface area contributed by atoms with E-state index in [-0.39, 0.29) is 0 Å². The number of hydrogen-bond donors (Lipinski definition) is 1. The summed E-state index contributed by atoms with van der Waals surface area (Å²) in [6.07, 6.45) is 12.4. The van der Waals surface area contributed by atoms with Crippen LogP contribution >= 0.6 is 0 Å². The normalized spacial score (nSPS) is 10.7. The van der Waals surface area contributed by atoms with Gasteiger partial charge in [-0.15, -0.1) is 4.91 Å². The maximum absolute atomic E-state index is 10.4. The Morgan fingerprint density at radius 1 is 0.583 bits per heavy atom. The van der Waals surface area contributed by atoms with Crippen LogP contribution < -0.4 is 14.8 Å². The minimum Gasteiger partial charge on any atom is -0.494 e. The number of ether oxygens (including phenoxy) is 2. The lowest BCUT2D eigenvalue weighted by Gasteiger charge is -2.10. The van der Waals surface area contributed by atoms with E-state index in [1.807, 2.05) is 24.3 Å². The fourth-order valence-electron chi connectivity index (χ4n) is 4.11. The lowest BCUT2D eigenvalue weighted by atomic mass is 10.1. The zero-order valence-corrected chi connectivity index (χ0v) is 21.4. The van der Waals surface area contributed by atoms with Crippen molar-refractivity contribution in [1.82, 2.24) is 0 Å². The minimum absolute atomic E-state index is 0.435. The number of nitrogens with one attached hydrogen (secondary N) is 1. The summed E-state index contributed by atoms with van der Waals surface area (Å²) >= 11 is 0. The average molecular weight is 489 g/mol. The van der Waals surface area contributed by atoms with Gasteiger partial charge in [-0.3, -0.25) is 0 Å². The predicted octanol–water partition coefficient (Wildman–Crippen LogP) is 9.06. The molecule has 0 atom stereocenters. The summed E-state index contributed by atoms with van der Waals surface area (Å²) in [7, 11) is 0. The number of para-hydroxylation sites is 1. The molecule has 0 amide bonds. The molecule has 36 heavy (non-hydrogen) atoms. The molecular weight excluding hydrogens is 448 g/mol. The monoisotopic (exact) mass is 488 g/mol. The number of hydrogen-bond acceptors (Lipinski definition) is 5. The highest BCUT2D eigenvalue weighted by molar-refractivity contribution is 5.43. The van der Waals surface area contributed by atoms with Crippen LogP contribution in [0.15, 0.2) is 84.0 Å². The van der Waals surface area contributed by atoms with Gasteiger partial charge in [-0.25, -0.2) is 0 Å². The van der Waals surface area contributed by atoms with Crippen molar-refractivity contribution >= 4 is 11.4 Å². The molecular formula is C31H40N2O3. The molecule has 3 rings (SSSR count). The molecule has 192 valence electrons. The summed E-state index contributed by atoms with van der Waals surface area (Å²) in [4.78, 5) is 10.4. The van der Waals surface area contributed by atoms with Crippen LogP contribution in [0.3, 0.4) is 0 Å². The lowest BCUT2D eigenvalue weighted by Crippen LogP contribution is -2.01. The molecule has 0 heterocycles. The van der Waals surface area contributed by atoms with E-state index in [1.165, 1.54) is 56.9 Å². The first-order valence-electron chi connectivity index (χ1n) is 13.4. The molecule has 0 unspecified atom stereocenters. The van der Waals surface area contributed by atoms with Crippen LogP contribution in [0.4, 0.5) is 11.4 Å². The van der Waals surface area contributed by atoms with Crippen LogP contribution in [0.1, 0.15) is 69.8 Å². The van der Waals surface area contributed by atoms with Crippen molar-refractivity contribution in [2.24, 2.45) is 5.18 Å². The Morgan fingerprint density at radius 2 is 1.17 bits per heavy atom. The van der Waals surface area contributed by atoms with Gasteiger partial charge in [0.1, 0.15) is 17.2 Å². The average Bonchev–Trinajstić information content (AvgIpc) is 2.93. The van der Waals surface area contributed by atoms with Gasteiger partial charge in [0, 0.05) is 12.2 Å². The maximum Gasteiger partial charge on any atom is 0.119 e. The summed E-state index contributed by atoms with van der Waals surface area (Å²) in [6.45, 7) is 2.31. The smallest absolute Gasteiger partial charge is 0.119 e. The van der Waals surface area contributed by atoms with Crippen molar-refractivity contribution in [1.29, 1.82) is 0 Å². The van der Waals surface area contributed by atoms with Gasteiger partial charge in [0.2, 0.25) is 0 Å². The number of unbranched alkanes of at least 4 members (excludes halogenated alkanes) is 9. The Balaban J connectivity index is 1.10. The van der Waals surface area contributed by atoms with Gasteiger partial charge in [0.25, 0.3) is 0 Å². The molecule has 0 spiro atoms. The van der Waals surface area contributed by atoms with E-state index < -0.39 is 0 Å². The van der Waals surface area contributed by atoms with E-state index in [2.05, 4.69) is 40.8 Å². The van der Waals surface area contributed by atoms with E-state index >= 15 is 0 Å². The number of rotatable bonds is 19. The first-order chi connectivity index (χ1) is 17.8. The highest BCUT2D eigenvalue weighted by Gasteiger charge is 1.99. The van der Waals surface area contributed by atoms with Gasteiger partial charge in [-0.1, -0.05) is 81.7 Å². The molecule has 0 aromatic heterocycles. The van der Waals surface area contributed by atoms with Crippen LogP contribution in [0.5, 0.6) is 11.5 Å². The number of nitroso groups, excluding NO2 is 1. The van der Waals surface area contributed by atoms with Crippen molar-refractivity contribution in [2.45, 2.75) is 70.8 Å². The zero-order valence-electron chi connectivity index (χ0n) is 21.4. The van der Waals surface area contributed by atoms with Crippen molar-refractivity contribution in [3.63, 3.8) is 0 Å². The molecule has 3 aromatic carbocycles. The summed E-state index contributed by atoms with van der Waals surface area (Å²) in [5, 5.41) is 6.34. The van der Waals surface area contributed by atoms with Gasteiger partial charge >= 0.3 is 0 Å². The highest BCUT2D eigenvalue weighted by atomic mass is 16.5. The van der Waals surface area contributed by atoms with Crippen molar-refractivity contribution < 1.29 is 9.47 Å². The van der Waals surface area contributed by atoms with Crippen LogP contribution in [-0.2, 0) is 6.54 Å².